The summed E-state index contributed by atoms with van der Waals surface area (Å²) in [6.45, 7) is 4.48. The van der Waals surface area contributed by atoms with Gasteiger partial charge in [0.05, 0.1) is 27.8 Å². The van der Waals surface area contributed by atoms with Crippen LogP contribution in [0, 0.1) is 0 Å². The molecule has 1 aliphatic rings. The summed E-state index contributed by atoms with van der Waals surface area (Å²) < 4.78 is 30.3. The molecule has 32 heavy (non-hydrogen) atoms. The summed E-state index contributed by atoms with van der Waals surface area (Å²) in [7, 11) is -3.43. The van der Waals surface area contributed by atoms with Crippen molar-refractivity contribution in [1.29, 1.82) is 0 Å². The van der Waals surface area contributed by atoms with Crippen molar-refractivity contribution in [2.75, 3.05) is 50.5 Å². The summed E-state index contributed by atoms with van der Waals surface area (Å²) in [5.41, 5.74) is 0.967. The number of aromatic nitrogens is 1. The lowest BCUT2D eigenvalue weighted by molar-refractivity contribution is 0.0376. The number of benzene rings is 2. The molecule has 0 spiro atoms. The lowest BCUT2D eigenvalue weighted by Gasteiger charge is -2.27. The zero-order chi connectivity index (χ0) is 22.7. The van der Waals surface area contributed by atoms with Crippen LogP contribution in [0.5, 0.6) is 0 Å². The van der Waals surface area contributed by atoms with Crippen LogP contribution in [0.3, 0.4) is 0 Å². The molecule has 4 rings (SSSR count). The molecule has 0 atom stereocenters. The Morgan fingerprint density at radius 1 is 1.22 bits per heavy atom. The predicted octanol–water partition coefficient (Wildman–Crippen LogP) is 3.72. The Bertz CT molecular complexity index is 1220. The van der Waals surface area contributed by atoms with E-state index in [9.17, 15) is 13.2 Å². The lowest BCUT2D eigenvalue weighted by atomic mass is 10.2. The van der Waals surface area contributed by atoms with Crippen LogP contribution < -0.4 is 4.90 Å². The van der Waals surface area contributed by atoms with Crippen LogP contribution in [0.1, 0.15) is 16.8 Å². The Labute approximate surface area is 196 Å². The Morgan fingerprint density at radius 2 is 1.97 bits per heavy atom. The molecule has 1 fully saturated rings. The summed E-state index contributed by atoms with van der Waals surface area (Å²) in [6, 6.07) is 11.7. The monoisotopic (exact) mass is 493 g/mol. The van der Waals surface area contributed by atoms with Crippen LogP contribution in [0.25, 0.3) is 10.2 Å². The molecule has 2 aromatic carbocycles. The van der Waals surface area contributed by atoms with E-state index in [0.717, 1.165) is 50.2 Å². The van der Waals surface area contributed by atoms with E-state index < -0.39 is 9.84 Å². The number of amides is 1. The normalized spacial score (nSPS) is 15.2. The van der Waals surface area contributed by atoms with Crippen LogP contribution in [0.4, 0.5) is 5.13 Å². The Balaban J connectivity index is 1.63. The van der Waals surface area contributed by atoms with Gasteiger partial charge in [0.25, 0.3) is 5.91 Å². The summed E-state index contributed by atoms with van der Waals surface area (Å²) in [6.07, 6.45) is 1.88. The number of carbonyl (C=O) groups excluding carboxylic acids is 1. The van der Waals surface area contributed by atoms with Crippen LogP contribution in [-0.2, 0) is 14.6 Å². The molecule has 0 unspecified atom stereocenters. The summed E-state index contributed by atoms with van der Waals surface area (Å²) in [5, 5.41) is 1.08. The lowest BCUT2D eigenvalue weighted by Crippen LogP contribution is -2.39. The number of sulfone groups is 1. The molecule has 3 aromatic rings. The van der Waals surface area contributed by atoms with Crippen molar-refractivity contribution in [2.24, 2.45) is 0 Å². The molecule has 7 nitrogen and oxygen atoms in total. The molecule has 10 heteroatoms. The van der Waals surface area contributed by atoms with Crippen LogP contribution in [-0.4, -0.2) is 69.9 Å². The van der Waals surface area contributed by atoms with Gasteiger partial charge in [-0.05, 0) is 36.8 Å². The van der Waals surface area contributed by atoms with E-state index in [0.29, 0.717) is 27.8 Å². The maximum atomic E-state index is 13.5. The minimum atomic E-state index is -3.43. The number of thiazole rings is 1. The first kappa shape index (κ1) is 23.1. The van der Waals surface area contributed by atoms with E-state index in [-0.39, 0.29) is 10.8 Å². The number of hydrogen-bond acceptors (Lipinski definition) is 7. The topological polar surface area (TPSA) is 79.8 Å². The van der Waals surface area contributed by atoms with E-state index in [1.165, 1.54) is 23.5 Å². The van der Waals surface area contributed by atoms with Gasteiger partial charge in [0.1, 0.15) is 5.52 Å². The molecule has 1 saturated heterocycles. The third kappa shape index (κ3) is 5.29. The zero-order valence-electron chi connectivity index (χ0n) is 17.7. The van der Waals surface area contributed by atoms with Crippen LogP contribution >= 0.6 is 22.9 Å². The van der Waals surface area contributed by atoms with E-state index in [1.807, 2.05) is 12.1 Å². The molecular formula is C22H24ClN3O4S2. The van der Waals surface area contributed by atoms with Crippen molar-refractivity contribution in [2.45, 2.75) is 11.3 Å². The second-order valence-corrected chi connectivity index (χ2v) is 11.1. The second kappa shape index (κ2) is 9.84. The molecule has 0 radical (unpaired) electrons. The molecule has 2 heterocycles. The average Bonchev–Trinajstić information content (AvgIpc) is 3.22. The second-order valence-electron chi connectivity index (χ2n) is 7.65. The van der Waals surface area contributed by atoms with Gasteiger partial charge in [-0.3, -0.25) is 14.6 Å². The maximum absolute atomic E-state index is 13.5. The highest BCUT2D eigenvalue weighted by atomic mass is 35.5. The minimum absolute atomic E-state index is 0.115. The number of rotatable bonds is 7. The smallest absolute Gasteiger partial charge is 0.260 e. The Kier molecular flexibility index (Phi) is 7.11. The van der Waals surface area contributed by atoms with Gasteiger partial charge in [0.2, 0.25) is 0 Å². The number of ether oxygens (including phenoxy) is 1. The molecule has 0 saturated carbocycles. The van der Waals surface area contributed by atoms with Gasteiger partial charge < -0.3 is 4.74 Å². The highest BCUT2D eigenvalue weighted by Crippen LogP contribution is 2.33. The molecule has 1 aromatic heterocycles. The van der Waals surface area contributed by atoms with Gasteiger partial charge in [-0.1, -0.05) is 35.1 Å². The number of carbonyl (C=O) groups is 1. The average molecular weight is 494 g/mol. The molecule has 170 valence electrons. The van der Waals surface area contributed by atoms with Crippen molar-refractivity contribution in [1.82, 2.24) is 9.88 Å². The molecule has 0 N–H and O–H groups in total. The van der Waals surface area contributed by atoms with Crippen LogP contribution in [0.15, 0.2) is 47.4 Å². The first-order chi connectivity index (χ1) is 15.3. The van der Waals surface area contributed by atoms with Gasteiger partial charge in [-0.2, -0.15) is 0 Å². The Morgan fingerprint density at radius 3 is 2.69 bits per heavy atom. The number of hydrogen-bond donors (Lipinski definition) is 0. The number of morpholine rings is 1. The fourth-order valence-corrected chi connectivity index (χ4v) is 5.55. The minimum Gasteiger partial charge on any atom is -0.379 e. The summed E-state index contributed by atoms with van der Waals surface area (Å²) in [4.78, 5) is 22.2. The number of anilines is 1. The predicted molar refractivity (Wildman–Crippen MR) is 128 cm³/mol. The van der Waals surface area contributed by atoms with Crippen molar-refractivity contribution in [3.8, 4) is 0 Å². The van der Waals surface area contributed by atoms with Gasteiger partial charge in [-0.25, -0.2) is 13.4 Å². The number of halogens is 1. The number of para-hydroxylation sites is 1. The first-order valence-corrected chi connectivity index (χ1v) is 13.4. The SMILES string of the molecule is CS(=O)(=O)c1cccc(C(=O)N(CCCN2CCOCC2)c2nc3c(Cl)cccc3s2)c1. The first-order valence-electron chi connectivity index (χ1n) is 10.3. The van der Waals surface area contributed by atoms with E-state index in [2.05, 4.69) is 9.88 Å². The zero-order valence-corrected chi connectivity index (χ0v) is 20.0. The largest absolute Gasteiger partial charge is 0.379 e. The number of fused-ring (bicyclic) bond motifs is 1. The maximum Gasteiger partial charge on any atom is 0.260 e. The standard InChI is InChI=1S/C22H24ClN3O4S2/c1-32(28,29)17-6-2-5-16(15-17)21(27)26(10-4-9-25-11-13-30-14-12-25)22-24-20-18(23)7-3-8-19(20)31-22/h2-3,5-8,15H,4,9-14H2,1H3. The van der Waals surface area contributed by atoms with Gasteiger partial charge in [-0.15, -0.1) is 0 Å². The molecule has 0 aliphatic carbocycles. The van der Waals surface area contributed by atoms with Crippen LogP contribution in [0.2, 0.25) is 5.02 Å². The van der Waals surface area contributed by atoms with Gasteiger partial charge >= 0.3 is 0 Å². The van der Waals surface area contributed by atoms with Crippen molar-refractivity contribution in [3.63, 3.8) is 0 Å². The number of nitrogens with zero attached hydrogens (tertiary/aromatic N) is 3. The van der Waals surface area contributed by atoms with Gasteiger partial charge in [0.15, 0.2) is 15.0 Å². The van der Waals surface area contributed by atoms with E-state index in [1.54, 1.807) is 23.1 Å². The molecule has 1 aliphatic heterocycles. The fraction of sp³-hybridized carbons (Fsp3) is 0.364. The molecular weight excluding hydrogens is 470 g/mol. The fourth-order valence-electron chi connectivity index (χ4n) is 3.60. The highest BCUT2D eigenvalue weighted by Gasteiger charge is 2.23. The van der Waals surface area contributed by atoms with Gasteiger partial charge in [0, 0.05) is 38.0 Å². The summed E-state index contributed by atoms with van der Waals surface area (Å²) >= 11 is 7.70. The van der Waals surface area contributed by atoms with E-state index >= 15 is 0 Å². The van der Waals surface area contributed by atoms with Crippen molar-refractivity contribution in [3.05, 3.63) is 53.1 Å². The quantitative estimate of drug-likeness (QED) is 0.499. The molecule has 1 amide bonds. The van der Waals surface area contributed by atoms with Crippen molar-refractivity contribution >= 4 is 54.0 Å². The third-order valence-electron chi connectivity index (χ3n) is 5.30. The van der Waals surface area contributed by atoms with E-state index in [4.69, 9.17) is 16.3 Å². The summed E-state index contributed by atoms with van der Waals surface area (Å²) in [5.74, 6) is -0.285. The Hall–Kier alpha value is -2.04. The van der Waals surface area contributed by atoms with Crippen molar-refractivity contribution < 1.29 is 17.9 Å². The third-order valence-corrected chi connectivity index (χ3v) is 7.76. The highest BCUT2D eigenvalue weighted by molar-refractivity contribution is 7.90. The molecule has 0 bridgehead atoms.